The Balaban J connectivity index is -0.000000403. The predicted molar refractivity (Wildman–Crippen MR) is 68.9 cm³/mol. The van der Waals surface area contributed by atoms with E-state index in [-0.39, 0.29) is 57.4 Å². The van der Waals surface area contributed by atoms with Crippen LogP contribution in [0.2, 0.25) is 0 Å². The van der Waals surface area contributed by atoms with E-state index < -0.39 is 12.0 Å². The second kappa shape index (κ2) is 9.63. The van der Waals surface area contributed by atoms with Gasteiger partial charge in [0.15, 0.2) is 0 Å². The highest BCUT2D eigenvalue weighted by atomic mass is 79.9. The van der Waals surface area contributed by atoms with Crippen molar-refractivity contribution in [2.45, 2.75) is 12.5 Å². The Morgan fingerprint density at radius 3 is 2.50 bits per heavy atom. The van der Waals surface area contributed by atoms with E-state index in [4.69, 9.17) is 10.8 Å². The third kappa shape index (κ3) is 6.52. The molecule has 0 spiro atoms. The SMILES string of the molecule is Br.Br.Br.N[C@@H](Cc1cnc[nH]1)C(=O)O. The zero-order chi connectivity index (χ0) is 8.27. The van der Waals surface area contributed by atoms with Crippen molar-refractivity contribution in [3.8, 4) is 0 Å². The van der Waals surface area contributed by atoms with Crippen LogP contribution in [0, 0.1) is 0 Å². The second-order valence-corrected chi connectivity index (χ2v) is 2.23. The van der Waals surface area contributed by atoms with Gasteiger partial charge in [-0.05, 0) is 0 Å². The summed E-state index contributed by atoms with van der Waals surface area (Å²) in [4.78, 5) is 16.8. The second-order valence-electron chi connectivity index (χ2n) is 2.23. The zero-order valence-electron chi connectivity index (χ0n) is 7.04. The molecule has 5 nitrogen and oxygen atoms in total. The molecule has 1 rings (SSSR count). The van der Waals surface area contributed by atoms with Gasteiger partial charge >= 0.3 is 5.97 Å². The Morgan fingerprint density at radius 1 is 1.57 bits per heavy atom. The molecule has 1 heterocycles. The molecule has 0 amide bonds. The highest BCUT2D eigenvalue weighted by molar-refractivity contribution is 8.93. The molecule has 0 aliphatic heterocycles. The van der Waals surface area contributed by atoms with Crippen LogP contribution < -0.4 is 5.73 Å². The van der Waals surface area contributed by atoms with E-state index in [1.807, 2.05) is 0 Å². The molecular formula is C6H12Br3N3O2. The van der Waals surface area contributed by atoms with Crippen molar-refractivity contribution in [3.63, 3.8) is 0 Å². The molecule has 0 fully saturated rings. The third-order valence-electron chi connectivity index (χ3n) is 1.31. The minimum absolute atomic E-state index is 0. The standard InChI is InChI=1S/C6H9N3O2.3BrH/c7-5(6(10)11)1-4-2-8-3-9-4;;;/h2-3,5H,1,7H2,(H,8,9)(H,10,11);3*1H/t5-;;;/m0.../s1. The quantitative estimate of drug-likeness (QED) is 0.712. The number of aliphatic carboxylic acids is 1. The van der Waals surface area contributed by atoms with Gasteiger partial charge < -0.3 is 15.8 Å². The highest BCUT2D eigenvalue weighted by Gasteiger charge is 2.11. The molecule has 1 aromatic rings. The lowest BCUT2D eigenvalue weighted by atomic mass is 10.2. The van der Waals surface area contributed by atoms with Gasteiger partial charge in [0, 0.05) is 18.3 Å². The van der Waals surface area contributed by atoms with Gasteiger partial charge in [0.25, 0.3) is 0 Å². The lowest BCUT2D eigenvalue weighted by molar-refractivity contribution is -0.138. The Bertz CT molecular complexity index is 242. The summed E-state index contributed by atoms with van der Waals surface area (Å²) < 4.78 is 0. The average molecular weight is 398 g/mol. The van der Waals surface area contributed by atoms with Crippen LogP contribution in [0.1, 0.15) is 5.69 Å². The summed E-state index contributed by atoms with van der Waals surface area (Å²) in [6.45, 7) is 0. The monoisotopic (exact) mass is 395 g/mol. The Labute approximate surface area is 113 Å². The van der Waals surface area contributed by atoms with Gasteiger partial charge in [-0.2, -0.15) is 0 Å². The minimum atomic E-state index is -1.00. The maximum absolute atomic E-state index is 10.3. The first kappa shape index (κ1) is 19.6. The number of imidazole rings is 1. The number of halogens is 3. The number of nitrogens with one attached hydrogen (secondary N) is 1. The Morgan fingerprint density at radius 2 is 2.14 bits per heavy atom. The van der Waals surface area contributed by atoms with E-state index in [1.54, 1.807) is 6.20 Å². The van der Waals surface area contributed by atoms with Crippen molar-refractivity contribution < 1.29 is 9.90 Å². The molecule has 1 atom stereocenters. The van der Waals surface area contributed by atoms with Crippen molar-refractivity contribution >= 4 is 56.9 Å². The van der Waals surface area contributed by atoms with Crippen LogP contribution in [-0.4, -0.2) is 27.1 Å². The average Bonchev–Trinajstić information content (AvgIpc) is 2.39. The minimum Gasteiger partial charge on any atom is -0.480 e. The van der Waals surface area contributed by atoms with E-state index in [0.717, 1.165) is 5.69 Å². The Kier molecular flexibility index (Phi) is 13.5. The first-order valence-corrected chi connectivity index (χ1v) is 3.16. The smallest absolute Gasteiger partial charge is 0.320 e. The zero-order valence-corrected chi connectivity index (χ0v) is 12.2. The van der Waals surface area contributed by atoms with Crippen LogP contribution in [0.25, 0.3) is 0 Å². The van der Waals surface area contributed by atoms with Gasteiger partial charge in [0.2, 0.25) is 0 Å². The molecule has 0 saturated heterocycles. The molecule has 1 aromatic heterocycles. The van der Waals surface area contributed by atoms with Gasteiger partial charge in [0.05, 0.1) is 6.33 Å². The molecule has 84 valence electrons. The summed E-state index contributed by atoms with van der Waals surface area (Å²) in [5.41, 5.74) is 6.00. The summed E-state index contributed by atoms with van der Waals surface area (Å²) >= 11 is 0. The maximum atomic E-state index is 10.3. The summed E-state index contributed by atoms with van der Waals surface area (Å²) in [7, 11) is 0. The fourth-order valence-corrected chi connectivity index (χ4v) is 0.721. The molecule has 0 radical (unpaired) electrons. The van der Waals surface area contributed by atoms with Crippen molar-refractivity contribution in [2.75, 3.05) is 0 Å². The number of rotatable bonds is 3. The number of H-pyrrole nitrogens is 1. The van der Waals surface area contributed by atoms with E-state index in [2.05, 4.69) is 9.97 Å². The number of nitrogens with two attached hydrogens (primary N) is 1. The third-order valence-corrected chi connectivity index (χ3v) is 1.31. The molecular weight excluding hydrogens is 386 g/mol. The summed E-state index contributed by atoms with van der Waals surface area (Å²) in [5.74, 6) is -1.00. The highest BCUT2D eigenvalue weighted by Crippen LogP contribution is 1.95. The predicted octanol–water partition coefficient (Wildman–Crippen LogP) is 1.10. The van der Waals surface area contributed by atoms with Gasteiger partial charge in [-0.1, -0.05) is 0 Å². The van der Waals surface area contributed by atoms with Crippen molar-refractivity contribution in [2.24, 2.45) is 5.73 Å². The number of hydrogen-bond acceptors (Lipinski definition) is 3. The number of carbonyl (C=O) groups is 1. The lowest BCUT2D eigenvalue weighted by Gasteiger charge is -2.02. The van der Waals surface area contributed by atoms with E-state index in [9.17, 15) is 4.79 Å². The van der Waals surface area contributed by atoms with Crippen molar-refractivity contribution in [1.82, 2.24) is 9.97 Å². The Hall–Kier alpha value is 0.0800. The summed E-state index contributed by atoms with van der Waals surface area (Å²) in [6, 6.07) is -0.851. The lowest BCUT2D eigenvalue weighted by Crippen LogP contribution is -2.32. The molecule has 8 heteroatoms. The van der Waals surface area contributed by atoms with Gasteiger partial charge in [-0.25, -0.2) is 4.98 Å². The van der Waals surface area contributed by atoms with Crippen LogP contribution in [0.4, 0.5) is 0 Å². The van der Waals surface area contributed by atoms with E-state index in [0.29, 0.717) is 0 Å². The number of hydrogen-bond donors (Lipinski definition) is 3. The van der Waals surface area contributed by atoms with Crippen LogP contribution in [-0.2, 0) is 11.2 Å². The summed E-state index contributed by atoms with van der Waals surface area (Å²) in [5, 5.41) is 8.42. The number of aromatic amines is 1. The summed E-state index contributed by atoms with van der Waals surface area (Å²) in [6.07, 6.45) is 3.34. The first-order chi connectivity index (χ1) is 5.20. The van der Waals surface area contributed by atoms with E-state index >= 15 is 0 Å². The first-order valence-electron chi connectivity index (χ1n) is 3.16. The molecule has 0 unspecified atom stereocenters. The number of carboxylic acid groups (broad SMARTS) is 1. The maximum Gasteiger partial charge on any atom is 0.320 e. The largest absolute Gasteiger partial charge is 0.480 e. The van der Waals surface area contributed by atoms with Crippen LogP contribution >= 0.6 is 50.9 Å². The number of nitrogens with zero attached hydrogens (tertiary/aromatic N) is 1. The number of aromatic nitrogens is 2. The molecule has 4 N–H and O–H groups in total. The van der Waals surface area contributed by atoms with Crippen LogP contribution in [0.5, 0.6) is 0 Å². The fourth-order valence-electron chi connectivity index (χ4n) is 0.721. The molecule has 0 saturated carbocycles. The normalized spacial score (nSPS) is 10.1. The van der Waals surface area contributed by atoms with Crippen molar-refractivity contribution in [1.29, 1.82) is 0 Å². The van der Waals surface area contributed by atoms with Gasteiger partial charge in [0.1, 0.15) is 6.04 Å². The van der Waals surface area contributed by atoms with Gasteiger partial charge in [-0.15, -0.1) is 50.9 Å². The van der Waals surface area contributed by atoms with Gasteiger partial charge in [-0.3, -0.25) is 4.79 Å². The fraction of sp³-hybridized carbons (Fsp3) is 0.333. The van der Waals surface area contributed by atoms with Crippen LogP contribution in [0.3, 0.4) is 0 Å². The molecule has 0 aliphatic carbocycles. The molecule has 0 aromatic carbocycles. The van der Waals surface area contributed by atoms with E-state index in [1.165, 1.54) is 6.33 Å². The van der Waals surface area contributed by atoms with Crippen molar-refractivity contribution in [3.05, 3.63) is 18.2 Å². The molecule has 0 bridgehead atoms. The topological polar surface area (TPSA) is 92.0 Å². The van der Waals surface area contributed by atoms with Crippen LogP contribution in [0.15, 0.2) is 12.5 Å². The number of carboxylic acids is 1. The molecule has 0 aliphatic rings. The molecule has 14 heavy (non-hydrogen) atoms.